The Hall–Kier alpha value is -2.15. The number of rotatable bonds is 9. The molecule has 1 aromatic carbocycles. The van der Waals surface area contributed by atoms with Gasteiger partial charge in [0.1, 0.15) is 11.3 Å². The molecule has 0 aliphatic carbocycles. The van der Waals surface area contributed by atoms with Crippen molar-refractivity contribution in [2.24, 2.45) is 0 Å². The second-order valence-electron chi connectivity index (χ2n) is 7.24. The summed E-state index contributed by atoms with van der Waals surface area (Å²) in [6.45, 7) is 9.88. The van der Waals surface area contributed by atoms with Gasteiger partial charge in [-0.15, -0.1) is 12.4 Å². The molecule has 162 valence electrons. The van der Waals surface area contributed by atoms with Crippen molar-refractivity contribution in [3.05, 3.63) is 41.6 Å². The summed E-state index contributed by atoms with van der Waals surface area (Å²) in [5, 5.41) is 4.23. The van der Waals surface area contributed by atoms with Crippen LogP contribution in [-0.2, 0) is 0 Å². The Labute approximate surface area is 189 Å². The summed E-state index contributed by atoms with van der Waals surface area (Å²) in [5.41, 5.74) is 9.86. The Balaban J connectivity index is 0.00000320. The summed E-state index contributed by atoms with van der Waals surface area (Å²) >= 11 is 5.98. The minimum atomic E-state index is 0. The van der Waals surface area contributed by atoms with Crippen LogP contribution in [0.5, 0.6) is 0 Å². The van der Waals surface area contributed by atoms with Crippen molar-refractivity contribution in [2.75, 3.05) is 30.7 Å². The second-order valence-corrected chi connectivity index (χ2v) is 7.68. The smallest absolute Gasteiger partial charge is 0.182 e. The number of pyridine rings is 1. The summed E-state index contributed by atoms with van der Waals surface area (Å²) in [6.07, 6.45) is 3.97. The standard InChI is InChI=1S/C22H29ClN6.ClH/c1-4-29(5-2)12-6-7-15(3)26-18-13-20(24)28-22-21(18)25-14-19(27-22)16-8-10-17(23)11-9-16;/h8-11,13-15H,4-7,12H2,1-3H3,(H3,24,26,27,28);1H. The van der Waals surface area contributed by atoms with Gasteiger partial charge < -0.3 is 16.0 Å². The molecule has 3 rings (SSSR count). The van der Waals surface area contributed by atoms with Crippen LogP contribution in [0.3, 0.4) is 0 Å². The van der Waals surface area contributed by atoms with Crippen molar-refractivity contribution in [1.29, 1.82) is 0 Å². The fraction of sp³-hybridized carbons (Fsp3) is 0.409. The van der Waals surface area contributed by atoms with Crippen LogP contribution in [0.25, 0.3) is 22.4 Å². The van der Waals surface area contributed by atoms with E-state index in [1.165, 1.54) is 0 Å². The van der Waals surface area contributed by atoms with Crippen molar-refractivity contribution in [3.8, 4) is 11.3 Å². The van der Waals surface area contributed by atoms with Gasteiger partial charge in [0.05, 0.1) is 17.6 Å². The maximum Gasteiger partial charge on any atom is 0.182 e. The molecule has 0 aliphatic heterocycles. The highest BCUT2D eigenvalue weighted by Gasteiger charge is 2.12. The van der Waals surface area contributed by atoms with E-state index in [2.05, 4.69) is 45.9 Å². The molecular formula is C22H30Cl2N6. The minimum absolute atomic E-state index is 0. The maximum absolute atomic E-state index is 6.04. The van der Waals surface area contributed by atoms with Gasteiger partial charge in [0.2, 0.25) is 0 Å². The zero-order valence-electron chi connectivity index (χ0n) is 17.7. The van der Waals surface area contributed by atoms with Crippen LogP contribution in [0.15, 0.2) is 36.5 Å². The topological polar surface area (TPSA) is 80.0 Å². The molecule has 0 radical (unpaired) electrons. The third-order valence-corrected chi connectivity index (χ3v) is 5.34. The number of benzene rings is 1. The van der Waals surface area contributed by atoms with Gasteiger partial charge >= 0.3 is 0 Å². The first kappa shape index (κ1) is 24.1. The number of hydrogen-bond donors (Lipinski definition) is 2. The van der Waals surface area contributed by atoms with Gasteiger partial charge in [-0.1, -0.05) is 37.6 Å². The van der Waals surface area contributed by atoms with Crippen LogP contribution in [-0.4, -0.2) is 45.5 Å². The summed E-state index contributed by atoms with van der Waals surface area (Å²) in [4.78, 5) is 16.1. The third kappa shape index (κ3) is 6.17. The highest BCUT2D eigenvalue weighted by molar-refractivity contribution is 6.30. The Morgan fingerprint density at radius 1 is 1.13 bits per heavy atom. The molecule has 2 heterocycles. The van der Waals surface area contributed by atoms with E-state index in [0.29, 0.717) is 22.5 Å². The van der Waals surface area contributed by atoms with Gasteiger partial charge in [-0.2, -0.15) is 0 Å². The predicted molar refractivity (Wildman–Crippen MR) is 130 cm³/mol. The van der Waals surface area contributed by atoms with Crippen molar-refractivity contribution in [3.63, 3.8) is 0 Å². The Morgan fingerprint density at radius 2 is 1.83 bits per heavy atom. The van der Waals surface area contributed by atoms with E-state index in [4.69, 9.17) is 17.3 Å². The van der Waals surface area contributed by atoms with E-state index >= 15 is 0 Å². The van der Waals surface area contributed by atoms with Gasteiger partial charge in [-0.05, 0) is 51.5 Å². The lowest BCUT2D eigenvalue weighted by Gasteiger charge is -2.20. The molecule has 1 atom stereocenters. The summed E-state index contributed by atoms with van der Waals surface area (Å²) in [7, 11) is 0. The monoisotopic (exact) mass is 448 g/mol. The summed E-state index contributed by atoms with van der Waals surface area (Å²) in [5.74, 6) is 0.429. The van der Waals surface area contributed by atoms with Crippen molar-refractivity contribution in [2.45, 2.75) is 39.7 Å². The number of aromatic nitrogens is 3. The molecule has 6 nitrogen and oxygen atoms in total. The molecule has 0 amide bonds. The normalized spacial score (nSPS) is 12.0. The molecular weight excluding hydrogens is 419 g/mol. The molecule has 3 aromatic rings. The summed E-state index contributed by atoms with van der Waals surface area (Å²) in [6, 6.07) is 9.64. The number of nitrogens with zero attached hydrogens (tertiary/aromatic N) is 4. The predicted octanol–water partition coefficient (Wildman–Crippen LogP) is 5.27. The van der Waals surface area contributed by atoms with Gasteiger partial charge in [0.15, 0.2) is 5.65 Å². The fourth-order valence-corrected chi connectivity index (χ4v) is 3.51. The van der Waals surface area contributed by atoms with Crippen LogP contribution in [0, 0.1) is 0 Å². The minimum Gasteiger partial charge on any atom is -0.384 e. The number of nitrogens with one attached hydrogen (secondary N) is 1. The molecule has 0 saturated heterocycles. The Morgan fingerprint density at radius 3 is 2.50 bits per heavy atom. The number of halogens is 2. The van der Waals surface area contributed by atoms with Crippen LogP contribution in [0.1, 0.15) is 33.6 Å². The van der Waals surface area contributed by atoms with Gasteiger partial charge in [0, 0.05) is 22.7 Å². The highest BCUT2D eigenvalue weighted by Crippen LogP contribution is 2.26. The van der Waals surface area contributed by atoms with E-state index in [9.17, 15) is 0 Å². The third-order valence-electron chi connectivity index (χ3n) is 5.08. The van der Waals surface area contributed by atoms with Crippen molar-refractivity contribution < 1.29 is 0 Å². The highest BCUT2D eigenvalue weighted by atomic mass is 35.5. The van der Waals surface area contributed by atoms with E-state index < -0.39 is 0 Å². The van der Waals surface area contributed by atoms with Crippen LogP contribution >= 0.6 is 24.0 Å². The zero-order valence-corrected chi connectivity index (χ0v) is 19.3. The lowest BCUT2D eigenvalue weighted by Crippen LogP contribution is -2.25. The molecule has 2 aromatic heterocycles. The number of nitrogens with two attached hydrogens (primary N) is 1. The second kappa shape index (κ2) is 11.3. The van der Waals surface area contributed by atoms with Crippen LogP contribution < -0.4 is 11.1 Å². The van der Waals surface area contributed by atoms with E-state index in [0.717, 1.165) is 54.9 Å². The molecule has 30 heavy (non-hydrogen) atoms. The molecule has 1 unspecified atom stereocenters. The molecule has 0 aliphatic rings. The van der Waals surface area contributed by atoms with E-state index in [1.54, 1.807) is 6.20 Å². The lowest BCUT2D eigenvalue weighted by atomic mass is 10.1. The Bertz CT molecular complexity index is 944. The van der Waals surface area contributed by atoms with E-state index in [1.807, 2.05) is 30.3 Å². The largest absolute Gasteiger partial charge is 0.384 e. The van der Waals surface area contributed by atoms with Crippen molar-refractivity contribution >= 4 is 46.7 Å². The number of anilines is 2. The quantitative estimate of drug-likeness (QED) is 0.463. The molecule has 0 bridgehead atoms. The average Bonchev–Trinajstić information content (AvgIpc) is 2.71. The van der Waals surface area contributed by atoms with Crippen LogP contribution in [0.2, 0.25) is 5.02 Å². The van der Waals surface area contributed by atoms with E-state index in [-0.39, 0.29) is 12.4 Å². The van der Waals surface area contributed by atoms with Gasteiger partial charge in [-0.25, -0.2) is 15.0 Å². The first-order valence-electron chi connectivity index (χ1n) is 10.2. The molecule has 8 heteroatoms. The number of nitrogen functional groups attached to an aromatic ring is 1. The average molecular weight is 449 g/mol. The lowest BCUT2D eigenvalue weighted by molar-refractivity contribution is 0.295. The first-order valence-corrected chi connectivity index (χ1v) is 10.6. The molecule has 3 N–H and O–H groups in total. The number of hydrogen-bond acceptors (Lipinski definition) is 6. The molecule has 0 spiro atoms. The first-order chi connectivity index (χ1) is 14.0. The van der Waals surface area contributed by atoms with Gasteiger partial charge in [-0.3, -0.25) is 0 Å². The van der Waals surface area contributed by atoms with Crippen molar-refractivity contribution in [1.82, 2.24) is 19.9 Å². The Kier molecular flexibility index (Phi) is 9.08. The van der Waals surface area contributed by atoms with Crippen LogP contribution in [0.4, 0.5) is 11.5 Å². The fourth-order valence-electron chi connectivity index (χ4n) is 3.39. The SMILES string of the molecule is CCN(CC)CCCC(C)Nc1cc(N)nc2nc(-c3ccc(Cl)cc3)cnc12.Cl. The number of fused-ring (bicyclic) bond motifs is 1. The maximum atomic E-state index is 6.04. The zero-order chi connectivity index (χ0) is 20.8. The molecule has 0 saturated carbocycles. The summed E-state index contributed by atoms with van der Waals surface area (Å²) < 4.78 is 0. The molecule has 0 fully saturated rings. The van der Waals surface area contributed by atoms with Gasteiger partial charge in [0.25, 0.3) is 0 Å².